The van der Waals surface area contributed by atoms with Crippen LogP contribution in [0.1, 0.15) is 24.8 Å². The summed E-state index contributed by atoms with van der Waals surface area (Å²) < 4.78 is 38.7. The van der Waals surface area contributed by atoms with Gasteiger partial charge in [0.05, 0.1) is 16.0 Å². The molecule has 9 nitrogen and oxygen atoms in total. The maximum Gasteiger partial charge on any atom is 0.416 e. The number of benzene rings is 2. The number of nitrogens with zero attached hydrogens (tertiary/aromatic N) is 3. The van der Waals surface area contributed by atoms with Crippen LogP contribution in [0.25, 0.3) is 0 Å². The number of nitro benzene ring substituents is 1. The molecule has 0 saturated carbocycles. The van der Waals surface area contributed by atoms with Crippen molar-refractivity contribution in [2.24, 2.45) is 0 Å². The number of carbonyl (C=O) groups is 2. The Labute approximate surface area is 186 Å². The standard InChI is InChI=1S/C21H20F3N5O4/c22-21(23,24)14-2-1-3-15(12-14)25-19(31)28-18(30)13-20(26-28)8-10-27(11-9-20)16-4-6-17(7-5-16)29(32)33/h1-7,12,26H,8-11,13H2,(H,25,31). The van der Waals surface area contributed by atoms with Crippen LogP contribution in [0.5, 0.6) is 0 Å². The van der Waals surface area contributed by atoms with Crippen molar-refractivity contribution in [1.82, 2.24) is 10.4 Å². The zero-order chi connectivity index (χ0) is 23.8. The molecule has 4 rings (SSSR count). The van der Waals surface area contributed by atoms with E-state index in [4.69, 9.17) is 0 Å². The van der Waals surface area contributed by atoms with Gasteiger partial charge in [0.1, 0.15) is 0 Å². The van der Waals surface area contributed by atoms with Gasteiger partial charge in [0.15, 0.2) is 0 Å². The number of alkyl halides is 3. The number of amides is 3. The minimum absolute atomic E-state index is 0.00212. The molecule has 2 aromatic carbocycles. The fraction of sp³-hybridized carbons (Fsp3) is 0.333. The summed E-state index contributed by atoms with van der Waals surface area (Å²) in [5, 5.41) is 14.0. The fourth-order valence-corrected chi connectivity index (χ4v) is 4.09. The molecular weight excluding hydrogens is 443 g/mol. The lowest BCUT2D eigenvalue weighted by molar-refractivity contribution is -0.384. The van der Waals surface area contributed by atoms with Gasteiger partial charge in [-0.3, -0.25) is 14.9 Å². The second-order valence-electron chi connectivity index (χ2n) is 8.07. The van der Waals surface area contributed by atoms with Crippen LogP contribution in [-0.2, 0) is 11.0 Å². The number of hydrazine groups is 1. The third-order valence-electron chi connectivity index (χ3n) is 5.88. The normalized spacial score (nSPS) is 18.0. The van der Waals surface area contributed by atoms with Crippen LogP contribution in [-0.4, -0.2) is 40.5 Å². The van der Waals surface area contributed by atoms with Crippen molar-refractivity contribution in [1.29, 1.82) is 0 Å². The van der Waals surface area contributed by atoms with Gasteiger partial charge in [0.25, 0.3) is 5.69 Å². The van der Waals surface area contributed by atoms with E-state index in [1.165, 1.54) is 24.3 Å². The van der Waals surface area contributed by atoms with Crippen LogP contribution < -0.4 is 15.6 Å². The molecule has 2 saturated heterocycles. The summed E-state index contributed by atoms with van der Waals surface area (Å²) in [7, 11) is 0. The van der Waals surface area contributed by atoms with E-state index in [2.05, 4.69) is 10.7 Å². The summed E-state index contributed by atoms with van der Waals surface area (Å²) in [5.41, 5.74) is 2.15. The van der Waals surface area contributed by atoms with Crippen molar-refractivity contribution in [2.45, 2.75) is 31.0 Å². The van der Waals surface area contributed by atoms with Gasteiger partial charge in [-0.05, 0) is 43.2 Å². The number of rotatable bonds is 3. The summed E-state index contributed by atoms with van der Waals surface area (Å²) in [6, 6.07) is 9.51. The SMILES string of the molecule is O=C1CC2(CCN(c3ccc([N+](=O)[O-])cc3)CC2)NN1C(=O)Nc1cccc(C(F)(F)F)c1. The third-order valence-corrected chi connectivity index (χ3v) is 5.88. The molecule has 0 atom stereocenters. The van der Waals surface area contributed by atoms with Crippen molar-refractivity contribution < 1.29 is 27.7 Å². The van der Waals surface area contributed by atoms with Crippen LogP contribution in [0.2, 0.25) is 0 Å². The van der Waals surface area contributed by atoms with Crippen LogP contribution in [0.4, 0.5) is 35.0 Å². The highest BCUT2D eigenvalue weighted by atomic mass is 19.4. The van der Waals surface area contributed by atoms with Gasteiger partial charge in [0.2, 0.25) is 5.91 Å². The largest absolute Gasteiger partial charge is 0.416 e. The molecule has 2 fully saturated rings. The van der Waals surface area contributed by atoms with Gasteiger partial charge < -0.3 is 10.2 Å². The maximum atomic E-state index is 12.9. The summed E-state index contributed by atoms with van der Waals surface area (Å²) in [5.74, 6) is -0.469. The summed E-state index contributed by atoms with van der Waals surface area (Å²) in [6.45, 7) is 1.11. The molecule has 12 heteroatoms. The number of urea groups is 1. The first-order chi connectivity index (χ1) is 15.6. The number of nitrogens with one attached hydrogen (secondary N) is 2. The number of anilines is 2. The molecule has 2 heterocycles. The Hall–Kier alpha value is -3.67. The van der Waals surface area contributed by atoms with E-state index in [9.17, 15) is 32.9 Å². The second-order valence-corrected chi connectivity index (χ2v) is 8.07. The average Bonchev–Trinajstić information content (AvgIpc) is 3.09. The smallest absolute Gasteiger partial charge is 0.371 e. The van der Waals surface area contributed by atoms with Gasteiger partial charge in [-0.25, -0.2) is 10.2 Å². The molecule has 0 aliphatic carbocycles. The quantitative estimate of drug-likeness (QED) is 0.528. The van der Waals surface area contributed by atoms with Crippen molar-refractivity contribution in [3.05, 3.63) is 64.2 Å². The predicted octanol–water partition coefficient (Wildman–Crippen LogP) is 3.92. The molecule has 174 valence electrons. The number of hydrogen-bond donors (Lipinski definition) is 2. The zero-order valence-corrected chi connectivity index (χ0v) is 17.3. The van der Waals surface area contributed by atoms with Crippen LogP contribution in [0.3, 0.4) is 0 Å². The summed E-state index contributed by atoms with van der Waals surface area (Å²) >= 11 is 0. The third kappa shape index (κ3) is 4.75. The van der Waals surface area contributed by atoms with Gasteiger partial charge >= 0.3 is 12.2 Å². The van der Waals surface area contributed by atoms with E-state index in [1.54, 1.807) is 12.1 Å². The molecule has 0 aromatic heterocycles. The van der Waals surface area contributed by atoms with Crippen LogP contribution in [0.15, 0.2) is 48.5 Å². The summed E-state index contributed by atoms with van der Waals surface area (Å²) in [6.07, 6.45) is -3.41. The number of halogens is 3. The second kappa shape index (κ2) is 8.35. The first-order valence-electron chi connectivity index (χ1n) is 10.1. The van der Waals surface area contributed by atoms with Gasteiger partial charge in [-0.1, -0.05) is 6.07 Å². The molecule has 33 heavy (non-hydrogen) atoms. The molecule has 2 N–H and O–H groups in total. The molecule has 0 bridgehead atoms. The van der Waals surface area contributed by atoms with E-state index >= 15 is 0 Å². The van der Waals surface area contributed by atoms with Crippen molar-refractivity contribution in [3.63, 3.8) is 0 Å². The lowest BCUT2D eigenvalue weighted by Gasteiger charge is -2.40. The van der Waals surface area contributed by atoms with Crippen LogP contribution in [0, 0.1) is 10.1 Å². The highest BCUT2D eigenvalue weighted by Gasteiger charge is 2.47. The highest BCUT2D eigenvalue weighted by Crippen LogP contribution is 2.34. The van der Waals surface area contributed by atoms with E-state index < -0.39 is 34.1 Å². The van der Waals surface area contributed by atoms with E-state index in [0.29, 0.717) is 25.9 Å². The Morgan fingerprint density at radius 2 is 1.79 bits per heavy atom. The molecule has 1 spiro atoms. The first kappa shape index (κ1) is 22.5. The topological polar surface area (TPSA) is 108 Å². The fourth-order valence-electron chi connectivity index (χ4n) is 4.09. The first-order valence-corrected chi connectivity index (χ1v) is 10.1. The van der Waals surface area contributed by atoms with Crippen molar-refractivity contribution in [3.8, 4) is 0 Å². The number of imide groups is 1. The van der Waals surface area contributed by atoms with E-state index in [0.717, 1.165) is 22.8 Å². The van der Waals surface area contributed by atoms with E-state index in [1.807, 2.05) is 4.90 Å². The minimum Gasteiger partial charge on any atom is -0.371 e. The Bertz CT molecular complexity index is 1080. The Kier molecular flexibility index (Phi) is 5.70. The Morgan fingerprint density at radius 1 is 1.12 bits per heavy atom. The minimum atomic E-state index is -4.55. The number of non-ortho nitro benzene ring substituents is 1. The average molecular weight is 463 g/mol. The van der Waals surface area contributed by atoms with Gasteiger partial charge in [-0.2, -0.15) is 18.2 Å². The molecule has 2 aromatic rings. The lowest BCUT2D eigenvalue weighted by atomic mass is 9.86. The van der Waals surface area contributed by atoms with Crippen molar-refractivity contribution >= 4 is 29.0 Å². The molecular formula is C21H20F3N5O4. The number of piperidine rings is 1. The maximum absolute atomic E-state index is 12.9. The molecule has 3 amide bonds. The summed E-state index contributed by atoms with van der Waals surface area (Å²) in [4.78, 5) is 37.5. The molecule has 0 unspecified atom stereocenters. The molecule has 2 aliphatic heterocycles. The lowest BCUT2D eigenvalue weighted by Crippen LogP contribution is -2.55. The van der Waals surface area contributed by atoms with Crippen molar-refractivity contribution in [2.75, 3.05) is 23.3 Å². The molecule has 0 radical (unpaired) electrons. The predicted molar refractivity (Wildman–Crippen MR) is 112 cm³/mol. The Morgan fingerprint density at radius 3 is 2.39 bits per heavy atom. The Balaban J connectivity index is 1.38. The van der Waals surface area contributed by atoms with E-state index in [-0.39, 0.29) is 17.8 Å². The van der Waals surface area contributed by atoms with Gasteiger partial charge in [-0.15, -0.1) is 0 Å². The van der Waals surface area contributed by atoms with Gasteiger partial charge in [0, 0.05) is 43.0 Å². The monoisotopic (exact) mass is 463 g/mol. The van der Waals surface area contributed by atoms with Crippen LogP contribution >= 0.6 is 0 Å². The number of carbonyl (C=O) groups excluding carboxylic acids is 2. The zero-order valence-electron chi connectivity index (χ0n) is 17.3. The number of hydrogen-bond acceptors (Lipinski definition) is 6. The highest BCUT2D eigenvalue weighted by molar-refractivity contribution is 6.02. The number of nitro groups is 1. The molecule has 2 aliphatic rings.